The molecule has 13 heavy (non-hydrogen) atoms. The van der Waals surface area contributed by atoms with Crippen molar-refractivity contribution in [2.75, 3.05) is 0 Å². The van der Waals surface area contributed by atoms with Crippen LogP contribution in [0.4, 0.5) is 0 Å². The van der Waals surface area contributed by atoms with Crippen LogP contribution in [-0.4, -0.2) is 15.6 Å². The first-order valence-electron chi connectivity index (χ1n) is 3.78. The Morgan fingerprint density at radius 1 is 1.69 bits per heavy atom. The molecule has 1 aliphatic rings. The average Bonchev–Trinajstić information content (AvgIpc) is 2.12. The molecule has 0 aromatic carbocycles. The van der Waals surface area contributed by atoms with E-state index in [1.54, 1.807) is 6.08 Å². The topological polar surface area (TPSA) is 45.8 Å². The highest BCUT2D eigenvalue weighted by molar-refractivity contribution is 9.10. The van der Waals surface area contributed by atoms with E-state index in [1.807, 2.05) is 6.08 Å². The highest BCUT2D eigenvalue weighted by Crippen LogP contribution is 2.17. The molecule has 0 fully saturated rings. The normalized spacial score (nSPS) is 20.0. The number of halogens is 2. The van der Waals surface area contributed by atoms with Crippen molar-refractivity contribution in [3.63, 3.8) is 0 Å². The van der Waals surface area contributed by atoms with Gasteiger partial charge >= 0.3 is 0 Å². The van der Waals surface area contributed by atoms with Crippen molar-refractivity contribution in [1.29, 1.82) is 0 Å². The molecular weight excluding hydrogens is 255 g/mol. The molecule has 0 bridgehead atoms. The van der Waals surface area contributed by atoms with E-state index in [4.69, 9.17) is 11.6 Å². The molecule has 0 amide bonds. The minimum atomic E-state index is -0.0893. The molecule has 5 heteroatoms. The molecular formula is C8H6BrClN2O. The van der Waals surface area contributed by atoms with Crippen molar-refractivity contribution in [1.82, 2.24) is 10.2 Å². The van der Waals surface area contributed by atoms with Crippen LogP contribution in [0.25, 0.3) is 6.08 Å². The fraction of sp³-hybridized carbons (Fsp3) is 0.250. The Morgan fingerprint density at radius 3 is 3.23 bits per heavy atom. The Morgan fingerprint density at radius 2 is 2.46 bits per heavy atom. The number of alkyl halides is 1. The van der Waals surface area contributed by atoms with Gasteiger partial charge in [0.2, 0.25) is 5.43 Å². The third-order valence-electron chi connectivity index (χ3n) is 1.92. The molecule has 1 N–H and O–H groups in total. The van der Waals surface area contributed by atoms with E-state index in [0.717, 1.165) is 5.69 Å². The molecule has 0 aliphatic heterocycles. The number of aromatic nitrogens is 2. The van der Waals surface area contributed by atoms with Gasteiger partial charge in [0.15, 0.2) is 4.60 Å². The van der Waals surface area contributed by atoms with Gasteiger partial charge in [0.1, 0.15) is 0 Å². The van der Waals surface area contributed by atoms with Crippen LogP contribution in [0.3, 0.4) is 0 Å². The van der Waals surface area contributed by atoms with E-state index in [2.05, 4.69) is 26.1 Å². The van der Waals surface area contributed by atoms with Gasteiger partial charge in [0.05, 0.1) is 5.38 Å². The van der Waals surface area contributed by atoms with Gasteiger partial charge in [-0.05, 0) is 15.9 Å². The zero-order chi connectivity index (χ0) is 9.42. The van der Waals surface area contributed by atoms with Crippen LogP contribution in [-0.2, 0) is 6.42 Å². The Labute approximate surface area is 87.9 Å². The van der Waals surface area contributed by atoms with Crippen LogP contribution in [0.15, 0.2) is 15.5 Å². The van der Waals surface area contributed by atoms with E-state index in [1.165, 1.54) is 0 Å². The predicted octanol–water partition coefficient (Wildman–Crippen LogP) is 1.71. The van der Waals surface area contributed by atoms with Gasteiger partial charge in [-0.3, -0.25) is 9.89 Å². The fourth-order valence-corrected chi connectivity index (χ4v) is 1.80. The summed E-state index contributed by atoms with van der Waals surface area (Å²) in [5.74, 6) is 0. The summed E-state index contributed by atoms with van der Waals surface area (Å²) in [5.41, 5.74) is 1.36. The molecule has 1 atom stereocenters. The molecule has 1 aromatic heterocycles. The van der Waals surface area contributed by atoms with Crippen LogP contribution in [0.1, 0.15) is 11.3 Å². The lowest BCUT2D eigenvalue weighted by molar-refractivity contribution is 0.847. The van der Waals surface area contributed by atoms with E-state index >= 15 is 0 Å². The number of nitrogens with zero attached hydrogens (tertiary/aromatic N) is 1. The summed E-state index contributed by atoms with van der Waals surface area (Å²) in [7, 11) is 0. The summed E-state index contributed by atoms with van der Waals surface area (Å²) in [5, 5.41) is 6.56. The second-order valence-electron chi connectivity index (χ2n) is 2.82. The van der Waals surface area contributed by atoms with Crippen LogP contribution in [0.2, 0.25) is 0 Å². The highest BCUT2D eigenvalue weighted by atomic mass is 79.9. The molecule has 1 aromatic rings. The van der Waals surface area contributed by atoms with E-state index in [-0.39, 0.29) is 10.8 Å². The lowest BCUT2D eigenvalue weighted by atomic mass is 10.0. The van der Waals surface area contributed by atoms with Crippen molar-refractivity contribution in [2.45, 2.75) is 11.8 Å². The maximum Gasteiger partial charge on any atom is 0.222 e. The number of hydrogen-bond donors (Lipinski definition) is 1. The molecule has 0 saturated carbocycles. The highest BCUT2D eigenvalue weighted by Gasteiger charge is 2.16. The zero-order valence-electron chi connectivity index (χ0n) is 6.55. The third kappa shape index (κ3) is 1.56. The molecule has 1 heterocycles. The van der Waals surface area contributed by atoms with Crippen molar-refractivity contribution < 1.29 is 0 Å². The lowest BCUT2D eigenvalue weighted by Crippen LogP contribution is -2.19. The van der Waals surface area contributed by atoms with E-state index < -0.39 is 0 Å². The summed E-state index contributed by atoms with van der Waals surface area (Å²) >= 11 is 8.96. The number of H-pyrrole nitrogens is 1. The summed E-state index contributed by atoms with van der Waals surface area (Å²) in [6.45, 7) is 0. The average molecular weight is 262 g/mol. The summed E-state index contributed by atoms with van der Waals surface area (Å²) < 4.78 is 0.309. The maximum atomic E-state index is 11.5. The molecule has 1 unspecified atom stereocenters. The van der Waals surface area contributed by atoms with Gasteiger partial charge in [0, 0.05) is 17.7 Å². The van der Waals surface area contributed by atoms with Crippen molar-refractivity contribution in [3.8, 4) is 0 Å². The van der Waals surface area contributed by atoms with Gasteiger partial charge in [-0.25, -0.2) is 0 Å². The van der Waals surface area contributed by atoms with Gasteiger partial charge in [0.25, 0.3) is 0 Å². The summed E-state index contributed by atoms with van der Waals surface area (Å²) in [4.78, 5) is 11.5. The monoisotopic (exact) mass is 260 g/mol. The van der Waals surface area contributed by atoms with Crippen LogP contribution >= 0.6 is 27.5 Å². The van der Waals surface area contributed by atoms with Crippen LogP contribution in [0.5, 0.6) is 0 Å². The van der Waals surface area contributed by atoms with E-state index in [9.17, 15) is 4.79 Å². The fourth-order valence-electron chi connectivity index (χ4n) is 1.27. The van der Waals surface area contributed by atoms with Gasteiger partial charge in [-0.1, -0.05) is 12.2 Å². The number of fused-ring (bicyclic) bond motifs is 1. The minimum absolute atomic E-state index is 0.0499. The first kappa shape index (κ1) is 8.97. The first-order chi connectivity index (χ1) is 6.18. The maximum absolute atomic E-state index is 11.5. The minimum Gasteiger partial charge on any atom is -0.286 e. The Bertz CT molecular complexity index is 427. The number of hydrogen-bond acceptors (Lipinski definition) is 2. The number of rotatable bonds is 0. The SMILES string of the molecule is O=c1c(Br)n[nH]c2c1C=CC(Cl)C2. The molecule has 1 aliphatic carbocycles. The standard InChI is InChI=1S/C8H6BrClN2O/c9-8-7(13)5-2-1-4(10)3-6(5)11-12-8/h1-2,4H,3H2,(H,11,13). The number of allylic oxidation sites excluding steroid dienone is 1. The first-order valence-corrected chi connectivity index (χ1v) is 5.01. The lowest BCUT2D eigenvalue weighted by Gasteiger charge is -2.12. The Balaban J connectivity index is 2.64. The molecule has 68 valence electrons. The number of aromatic amines is 1. The second-order valence-corrected chi connectivity index (χ2v) is 4.13. The smallest absolute Gasteiger partial charge is 0.222 e. The largest absolute Gasteiger partial charge is 0.286 e. The third-order valence-corrected chi connectivity index (χ3v) is 2.75. The molecule has 0 spiro atoms. The predicted molar refractivity (Wildman–Crippen MR) is 54.9 cm³/mol. The van der Waals surface area contributed by atoms with Crippen LogP contribution in [0, 0.1) is 0 Å². The summed E-state index contributed by atoms with van der Waals surface area (Å²) in [6, 6.07) is 0. The van der Waals surface area contributed by atoms with Crippen LogP contribution < -0.4 is 5.43 Å². The van der Waals surface area contributed by atoms with Gasteiger partial charge < -0.3 is 0 Å². The van der Waals surface area contributed by atoms with Gasteiger partial charge in [-0.2, -0.15) is 5.10 Å². The Hall–Kier alpha value is -0.610. The van der Waals surface area contributed by atoms with E-state index in [0.29, 0.717) is 16.6 Å². The van der Waals surface area contributed by atoms with Gasteiger partial charge in [-0.15, -0.1) is 11.6 Å². The molecule has 3 nitrogen and oxygen atoms in total. The molecule has 0 saturated heterocycles. The van der Waals surface area contributed by atoms with Crippen molar-refractivity contribution >= 4 is 33.6 Å². The van der Waals surface area contributed by atoms with Crippen molar-refractivity contribution in [2.24, 2.45) is 0 Å². The second kappa shape index (κ2) is 3.27. The molecule has 2 rings (SSSR count). The summed E-state index contributed by atoms with van der Waals surface area (Å²) in [6.07, 6.45) is 4.18. The molecule has 0 radical (unpaired) electrons. The van der Waals surface area contributed by atoms with Crippen molar-refractivity contribution in [3.05, 3.63) is 32.2 Å². The zero-order valence-corrected chi connectivity index (χ0v) is 8.89. The Kier molecular flexibility index (Phi) is 2.26. The quantitative estimate of drug-likeness (QED) is 0.723. The number of nitrogens with one attached hydrogen (secondary N) is 1.